The Morgan fingerprint density at radius 2 is 1.78 bits per heavy atom. The summed E-state index contributed by atoms with van der Waals surface area (Å²) in [5.41, 5.74) is 2.53. The minimum Gasteiger partial charge on any atom is -0.492 e. The summed E-state index contributed by atoms with van der Waals surface area (Å²) in [5, 5.41) is 2.73. The molecule has 6 nitrogen and oxygen atoms in total. The summed E-state index contributed by atoms with van der Waals surface area (Å²) in [6.45, 7) is 6.01. The van der Waals surface area contributed by atoms with E-state index in [0.29, 0.717) is 12.3 Å². The molecule has 0 aliphatic carbocycles. The highest BCUT2D eigenvalue weighted by atomic mass is 32.2. The molecule has 2 aromatic rings. The Hall–Kier alpha value is -2.54. The molecule has 1 atom stereocenters. The van der Waals surface area contributed by atoms with Gasteiger partial charge in [0.2, 0.25) is 15.9 Å². The largest absolute Gasteiger partial charge is 0.492 e. The van der Waals surface area contributed by atoms with Gasteiger partial charge in [0.05, 0.1) is 18.5 Å². The van der Waals surface area contributed by atoms with Gasteiger partial charge >= 0.3 is 0 Å². The van der Waals surface area contributed by atoms with Crippen LogP contribution in [-0.4, -0.2) is 39.8 Å². The first-order valence-electron chi connectivity index (χ1n) is 8.72. The number of hydrogen-bond acceptors (Lipinski definition) is 4. The Morgan fingerprint density at radius 1 is 1.11 bits per heavy atom. The monoisotopic (exact) mass is 390 g/mol. The van der Waals surface area contributed by atoms with E-state index in [1.165, 1.54) is 0 Å². The molecule has 0 unspecified atom stereocenters. The molecule has 0 aliphatic heterocycles. The highest BCUT2D eigenvalue weighted by molar-refractivity contribution is 7.92. The summed E-state index contributed by atoms with van der Waals surface area (Å²) in [5.74, 6) is 0.342. The van der Waals surface area contributed by atoms with E-state index in [9.17, 15) is 13.2 Å². The van der Waals surface area contributed by atoms with Gasteiger partial charge < -0.3 is 10.1 Å². The van der Waals surface area contributed by atoms with E-state index >= 15 is 0 Å². The first-order chi connectivity index (χ1) is 12.7. The van der Waals surface area contributed by atoms with Gasteiger partial charge in [-0.05, 0) is 50.6 Å². The highest BCUT2D eigenvalue weighted by Gasteiger charge is 2.28. The van der Waals surface area contributed by atoms with E-state index in [0.717, 1.165) is 27.4 Å². The van der Waals surface area contributed by atoms with Crippen molar-refractivity contribution in [3.63, 3.8) is 0 Å². The van der Waals surface area contributed by atoms with E-state index in [-0.39, 0.29) is 12.5 Å². The first kappa shape index (κ1) is 20.8. The van der Waals surface area contributed by atoms with E-state index < -0.39 is 16.1 Å². The maximum Gasteiger partial charge on any atom is 0.243 e. The molecule has 0 radical (unpaired) electrons. The van der Waals surface area contributed by atoms with Crippen LogP contribution in [0.1, 0.15) is 18.1 Å². The summed E-state index contributed by atoms with van der Waals surface area (Å²) >= 11 is 0. The normalized spacial score (nSPS) is 12.3. The van der Waals surface area contributed by atoms with E-state index in [1.807, 2.05) is 44.2 Å². The average Bonchev–Trinajstić information content (AvgIpc) is 2.59. The van der Waals surface area contributed by atoms with Crippen LogP contribution < -0.4 is 14.4 Å². The molecule has 2 aromatic carbocycles. The number of ether oxygens (including phenoxy) is 1. The van der Waals surface area contributed by atoms with Gasteiger partial charge in [0.1, 0.15) is 18.4 Å². The molecule has 0 saturated carbocycles. The van der Waals surface area contributed by atoms with Crippen LogP contribution in [0.4, 0.5) is 5.69 Å². The standard InChI is InChI=1S/C20H26N2O4S/c1-15-8-10-19(11-9-15)26-13-12-21-20(23)17(3)22(27(4,24)25)18-7-5-6-16(2)14-18/h5-11,14,17H,12-13H2,1-4H3,(H,21,23)/t17-/m1/s1. The molecule has 0 saturated heterocycles. The number of amides is 1. The second-order valence-corrected chi connectivity index (χ2v) is 8.39. The zero-order chi connectivity index (χ0) is 20.0. The molecule has 0 fully saturated rings. The number of nitrogens with zero attached hydrogens (tertiary/aromatic N) is 1. The molecular weight excluding hydrogens is 364 g/mol. The molecule has 0 aromatic heterocycles. The zero-order valence-corrected chi connectivity index (χ0v) is 16.9. The number of benzene rings is 2. The van der Waals surface area contributed by atoms with Crippen molar-refractivity contribution in [1.29, 1.82) is 0 Å². The quantitative estimate of drug-likeness (QED) is 0.703. The summed E-state index contributed by atoms with van der Waals surface area (Å²) in [7, 11) is -3.62. The molecule has 1 amide bonds. The van der Waals surface area contributed by atoms with Crippen LogP contribution in [0.3, 0.4) is 0 Å². The van der Waals surface area contributed by atoms with Gasteiger partial charge in [-0.2, -0.15) is 0 Å². The maximum absolute atomic E-state index is 12.5. The lowest BCUT2D eigenvalue weighted by molar-refractivity contribution is -0.121. The Morgan fingerprint density at radius 3 is 2.37 bits per heavy atom. The van der Waals surface area contributed by atoms with E-state index in [4.69, 9.17) is 4.74 Å². The van der Waals surface area contributed by atoms with Crippen molar-refractivity contribution >= 4 is 21.6 Å². The Labute approximate surface area is 161 Å². The summed E-state index contributed by atoms with van der Waals surface area (Å²) in [4.78, 5) is 12.5. The molecule has 7 heteroatoms. The Kier molecular flexibility index (Phi) is 6.85. The average molecular weight is 391 g/mol. The summed E-state index contributed by atoms with van der Waals surface area (Å²) < 4.78 is 31.2. The lowest BCUT2D eigenvalue weighted by Crippen LogP contribution is -2.48. The van der Waals surface area contributed by atoms with Crippen LogP contribution >= 0.6 is 0 Å². The van der Waals surface area contributed by atoms with Crippen LogP contribution in [-0.2, 0) is 14.8 Å². The number of nitrogens with one attached hydrogen (secondary N) is 1. The number of sulfonamides is 1. The van der Waals surface area contributed by atoms with Gasteiger partial charge in [0.15, 0.2) is 0 Å². The predicted molar refractivity (Wildman–Crippen MR) is 108 cm³/mol. The second kappa shape index (κ2) is 8.90. The van der Waals surface area contributed by atoms with Gasteiger partial charge in [-0.3, -0.25) is 9.10 Å². The zero-order valence-electron chi connectivity index (χ0n) is 16.1. The molecule has 1 N–H and O–H groups in total. The van der Waals surface area contributed by atoms with Crippen LogP contribution in [0.15, 0.2) is 48.5 Å². The van der Waals surface area contributed by atoms with Gasteiger partial charge in [-0.1, -0.05) is 29.8 Å². The Bertz CT molecular complexity index is 879. The fourth-order valence-corrected chi connectivity index (χ4v) is 3.87. The van der Waals surface area contributed by atoms with Crippen molar-refractivity contribution < 1.29 is 17.9 Å². The first-order valence-corrected chi connectivity index (χ1v) is 10.6. The van der Waals surface area contributed by atoms with Crippen LogP contribution in [0, 0.1) is 13.8 Å². The fourth-order valence-electron chi connectivity index (χ4n) is 2.70. The lowest BCUT2D eigenvalue weighted by atomic mass is 10.2. The van der Waals surface area contributed by atoms with Crippen molar-refractivity contribution in [2.24, 2.45) is 0 Å². The van der Waals surface area contributed by atoms with Crippen LogP contribution in [0.25, 0.3) is 0 Å². The highest BCUT2D eigenvalue weighted by Crippen LogP contribution is 2.21. The predicted octanol–water partition coefficient (Wildman–Crippen LogP) is 2.65. The number of hydrogen-bond donors (Lipinski definition) is 1. The van der Waals surface area contributed by atoms with E-state index in [2.05, 4.69) is 5.32 Å². The number of anilines is 1. The number of carbonyl (C=O) groups is 1. The van der Waals surface area contributed by atoms with Gasteiger partial charge in [-0.25, -0.2) is 8.42 Å². The number of carbonyl (C=O) groups excluding carboxylic acids is 1. The van der Waals surface area contributed by atoms with Crippen LogP contribution in [0.2, 0.25) is 0 Å². The van der Waals surface area contributed by atoms with E-state index in [1.54, 1.807) is 25.1 Å². The van der Waals surface area contributed by atoms with Crippen molar-refractivity contribution in [1.82, 2.24) is 5.32 Å². The minimum atomic E-state index is -3.62. The molecule has 0 aliphatic rings. The molecule has 146 valence electrons. The molecule has 0 bridgehead atoms. The second-order valence-electron chi connectivity index (χ2n) is 6.53. The topological polar surface area (TPSA) is 75.7 Å². The maximum atomic E-state index is 12.5. The molecular formula is C20H26N2O4S. The SMILES string of the molecule is Cc1ccc(OCCNC(=O)[C@@H](C)N(c2cccc(C)c2)S(C)(=O)=O)cc1. The van der Waals surface area contributed by atoms with Crippen molar-refractivity contribution in [3.05, 3.63) is 59.7 Å². The van der Waals surface area contributed by atoms with Crippen molar-refractivity contribution in [2.75, 3.05) is 23.7 Å². The third-order valence-electron chi connectivity index (χ3n) is 4.04. The van der Waals surface area contributed by atoms with Crippen molar-refractivity contribution in [2.45, 2.75) is 26.8 Å². The van der Waals surface area contributed by atoms with Gasteiger partial charge in [0.25, 0.3) is 0 Å². The minimum absolute atomic E-state index is 0.280. The van der Waals surface area contributed by atoms with Crippen LogP contribution in [0.5, 0.6) is 5.75 Å². The van der Waals surface area contributed by atoms with Gasteiger partial charge in [0, 0.05) is 0 Å². The Balaban J connectivity index is 1.97. The lowest BCUT2D eigenvalue weighted by Gasteiger charge is -2.28. The third-order valence-corrected chi connectivity index (χ3v) is 5.28. The summed E-state index contributed by atoms with van der Waals surface area (Å²) in [6, 6.07) is 13.8. The molecule has 2 rings (SSSR count). The van der Waals surface area contributed by atoms with Crippen molar-refractivity contribution in [3.8, 4) is 5.75 Å². The fraction of sp³-hybridized carbons (Fsp3) is 0.350. The van der Waals surface area contributed by atoms with Gasteiger partial charge in [-0.15, -0.1) is 0 Å². The molecule has 0 heterocycles. The summed E-state index contributed by atoms with van der Waals surface area (Å²) in [6.07, 6.45) is 1.10. The number of rotatable bonds is 8. The third kappa shape index (κ3) is 5.99. The number of aryl methyl sites for hydroxylation is 2. The molecule has 0 spiro atoms. The molecule has 27 heavy (non-hydrogen) atoms. The smallest absolute Gasteiger partial charge is 0.243 e.